The molecule has 1 aromatic carbocycles. The lowest BCUT2D eigenvalue weighted by Crippen LogP contribution is -2.53. The Labute approximate surface area is 167 Å². The number of rotatable bonds is 7. The van der Waals surface area contributed by atoms with Crippen LogP contribution in [0.1, 0.15) is 18.2 Å². The predicted molar refractivity (Wildman–Crippen MR) is 103 cm³/mol. The third-order valence-corrected chi connectivity index (χ3v) is 3.97. The summed E-state index contributed by atoms with van der Waals surface area (Å²) in [6.07, 6.45) is 8.03. The third-order valence-electron chi connectivity index (χ3n) is 3.97. The Balaban J connectivity index is 1.90. The molecule has 8 nitrogen and oxygen atoms in total. The highest BCUT2D eigenvalue weighted by Gasteiger charge is 2.36. The van der Waals surface area contributed by atoms with Crippen molar-refractivity contribution in [3.63, 3.8) is 0 Å². The van der Waals surface area contributed by atoms with E-state index in [0.29, 0.717) is 29.4 Å². The first kappa shape index (κ1) is 19.8. The monoisotopic (exact) mass is 394 g/mol. The normalized spacial score (nSPS) is 15.2. The molecule has 0 atom stereocenters. The van der Waals surface area contributed by atoms with Gasteiger partial charge in [0.25, 0.3) is 11.8 Å². The van der Waals surface area contributed by atoms with Crippen molar-refractivity contribution in [3.8, 4) is 23.8 Å². The molecule has 0 radical (unpaired) electrons. The van der Waals surface area contributed by atoms with Gasteiger partial charge in [0, 0.05) is 0 Å². The van der Waals surface area contributed by atoms with Crippen LogP contribution in [0.3, 0.4) is 0 Å². The molecular weight excluding hydrogens is 376 g/mol. The van der Waals surface area contributed by atoms with Crippen molar-refractivity contribution >= 4 is 23.9 Å². The highest BCUT2D eigenvalue weighted by Crippen LogP contribution is 2.30. The van der Waals surface area contributed by atoms with Gasteiger partial charge >= 0.3 is 6.03 Å². The Bertz CT molecular complexity index is 1000. The van der Waals surface area contributed by atoms with E-state index in [1.165, 1.54) is 12.3 Å². The van der Waals surface area contributed by atoms with Gasteiger partial charge in [0.1, 0.15) is 17.9 Å². The zero-order valence-electron chi connectivity index (χ0n) is 15.6. The molecule has 1 aromatic heterocycles. The summed E-state index contributed by atoms with van der Waals surface area (Å²) in [6, 6.07) is 7.37. The number of nitrogens with zero attached hydrogens (tertiary/aromatic N) is 1. The number of hydrogen-bond acceptors (Lipinski definition) is 6. The molecule has 3 rings (SSSR count). The van der Waals surface area contributed by atoms with Gasteiger partial charge in [0.05, 0.1) is 19.4 Å². The number of urea groups is 1. The highest BCUT2D eigenvalue weighted by atomic mass is 16.5. The average molecular weight is 394 g/mol. The molecular formula is C21H18N2O6. The summed E-state index contributed by atoms with van der Waals surface area (Å²) in [5, 5.41) is 2.16. The summed E-state index contributed by atoms with van der Waals surface area (Å²) in [7, 11) is 0. The van der Waals surface area contributed by atoms with E-state index in [2.05, 4.69) is 11.2 Å². The van der Waals surface area contributed by atoms with Crippen LogP contribution in [0.2, 0.25) is 0 Å². The van der Waals surface area contributed by atoms with Crippen LogP contribution in [0.5, 0.6) is 11.5 Å². The summed E-state index contributed by atoms with van der Waals surface area (Å²) in [4.78, 5) is 38.0. The Morgan fingerprint density at radius 1 is 1.21 bits per heavy atom. The maximum atomic E-state index is 12.8. The van der Waals surface area contributed by atoms with Crippen molar-refractivity contribution in [1.82, 2.24) is 10.2 Å². The summed E-state index contributed by atoms with van der Waals surface area (Å²) in [6.45, 7) is 2.18. The Morgan fingerprint density at radius 2 is 2.03 bits per heavy atom. The van der Waals surface area contributed by atoms with Gasteiger partial charge in [-0.15, -0.1) is 6.42 Å². The number of carbonyl (C=O) groups is 3. The second-order valence-corrected chi connectivity index (χ2v) is 5.92. The van der Waals surface area contributed by atoms with Crippen LogP contribution >= 0.6 is 0 Å². The fraction of sp³-hybridized carbons (Fsp3) is 0.190. The second kappa shape index (κ2) is 8.80. The molecule has 0 spiro atoms. The quantitative estimate of drug-likeness (QED) is 0.440. The Kier molecular flexibility index (Phi) is 6.00. The standard InChI is InChI=1S/C21H18N2O6/c1-3-9-29-17-8-7-14(12-18(17)27-4-2)11-16-19(24)22-21(26)23(20(16)25)13-15-6-5-10-28-15/h1,5-8,10-12H,4,9,13H2,2H3,(H,22,24,26). The number of carbonyl (C=O) groups excluding carboxylic acids is 3. The minimum absolute atomic E-state index is 0.0747. The lowest BCUT2D eigenvalue weighted by molar-refractivity contribution is -0.130. The van der Waals surface area contributed by atoms with Gasteiger partial charge in [-0.1, -0.05) is 12.0 Å². The molecule has 2 aromatic rings. The third kappa shape index (κ3) is 4.47. The first-order valence-electron chi connectivity index (χ1n) is 8.77. The minimum atomic E-state index is -0.804. The van der Waals surface area contributed by atoms with Crippen molar-refractivity contribution in [1.29, 1.82) is 0 Å². The summed E-state index contributed by atoms with van der Waals surface area (Å²) < 4.78 is 16.1. The molecule has 1 aliphatic rings. The number of nitrogens with one attached hydrogen (secondary N) is 1. The first-order valence-corrected chi connectivity index (χ1v) is 8.77. The zero-order chi connectivity index (χ0) is 20.8. The maximum Gasteiger partial charge on any atom is 0.331 e. The van der Waals surface area contributed by atoms with E-state index in [9.17, 15) is 14.4 Å². The number of barbiturate groups is 1. The van der Waals surface area contributed by atoms with Gasteiger partial charge in [-0.05, 0) is 42.8 Å². The number of imide groups is 2. The second-order valence-electron chi connectivity index (χ2n) is 5.92. The van der Waals surface area contributed by atoms with E-state index >= 15 is 0 Å². The molecule has 4 amide bonds. The van der Waals surface area contributed by atoms with Crippen molar-refractivity contribution < 1.29 is 28.3 Å². The van der Waals surface area contributed by atoms with Crippen LogP contribution in [0.15, 0.2) is 46.6 Å². The van der Waals surface area contributed by atoms with Crippen molar-refractivity contribution in [3.05, 3.63) is 53.5 Å². The Hall–Kier alpha value is -3.99. The molecule has 1 saturated heterocycles. The molecule has 0 bridgehead atoms. The van der Waals surface area contributed by atoms with Crippen LogP contribution in [-0.4, -0.2) is 36.0 Å². The smallest absolute Gasteiger partial charge is 0.331 e. The van der Waals surface area contributed by atoms with Gasteiger partial charge in [0.15, 0.2) is 11.5 Å². The van der Waals surface area contributed by atoms with Crippen LogP contribution < -0.4 is 14.8 Å². The molecule has 148 valence electrons. The summed E-state index contributed by atoms with van der Waals surface area (Å²) >= 11 is 0. The molecule has 0 saturated carbocycles. The SMILES string of the molecule is C#CCOc1ccc(C=C2C(=O)NC(=O)N(Cc3ccco3)C2=O)cc1OCC. The van der Waals surface area contributed by atoms with E-state index in [4.69, 9.17) is 20.3 Å². The van der Waals surface area contributed by atoms with Gasteiger partial charge in [-0.3, -0.25) is 19.8 Å². The molecule has 1 fully saturated rings. The van der Waals surface area contributed by atoms with E-state index in [1.54, 1.807) is 30.3 Å². The fourth-order valence-electron chi connectivity index (χ4n) is 2.68. The largest absolute Gasteiger partial charge is 0.490 e. The van der Waals surface area contributed by atoms with Crippen LogP contribution in [0.25, 0.3) is 6.08 Å². The summed E-state index contributed by atoms with van der Waals surface area (Å²) in [5.74, 6) is 2.15. The van der Waals surface area contributed by atoms with E-state index in [1.807, 2.05) is 6.92 Å². The molecule has 0 unspecified atom stereocenters. The fourth-order valence-corrected chi connectivity index (χ4v) is 2.68. The number of furan rings is 1. The minimum Gasteiger partial charge on any atom is -0.490 e. The molecule has 29 heavy (non-hydrogen) atoms. The molecule has 1 N–H and O–H groups in total. The van der Waals surface area contributed by atoms with Gasteiger partial charge < -0.3 is 13.9 Å². The number of terminal acetylenes is 1. The maximum absolute atomic E-state index is 12.8. The summed E-state index contributed by atoms with van der Waals surface area (Å²) in [5.41, 5.74) is 0.336. The van der Waals surface area contributed by atoms with Crippen molar-refractivity contribution in [2.75, 3.05) is 13.2 Å². The molecule has 1 aliphatic heterocycles. The van der Waals surface area contributed by atoms with Crippen molar-refractivity contribution in [2.45, 2.75) is 13.5 Å². The van der Waals surface area contributed by atoms with Gasteiger partial charge in [0.2, 0.25) is 0 Å². The first-order chi connectivity index (χ1) is 14.0. The highest BCUT2D eigenvalue weighted by molar-refractivity contribution is 6.30. The average Bonchev–Trinajstić information content (AvgIpc) is 3.21. The van der Waals surface area contributed by atoms with Crippen LogP contribution in [-0.2, 0) is 16.1 Å². The molecule has 0 aliphatic carbocycles. The molecule has 2 heterocycles. The molecule has 8 heteroatoms. The zero-order valence-corrected chi connectivity index (χ0v) is 15.6. The number of benzene rings is 1. The lowest BCUT2D eigenvalue weighted by atomic mass is 10.1. The van der Waals surface area contributed by atoms with Gasteiger partial charge in [-0.2, -0.15) is 0 Å². The number of ether oxygens (including phenoxy) is 2. The lowest BCUT2D eigenvalue weighted by Gasteiger charge is -2.25. The number of hydrogen-bond donors (Lipinski definition) is 1. The van der Waals surface area contributed by atoms with Gasteiger partial charge in [-0.25, -0.2) is 4.79 Å². The van der Waals surface area contributed by atoms with E-state index in [-0.39, 0.29) is 18.7 Å². The number of amides is 4. The topological polar surface area (TPSA) is 98.1 Å². The van der Waals surface area contributed by atoms with Crippen LogP contribution in [0.4, 0.5) is 4.79 Å². The van der Waals surface area contributed by atoms with Crippen LogP contribution in [0, 0.1) is 12.3 Å². The Morgan fingerprint density at radius 3 is 2.72 bits per heavy atom. The van der Waals surface area contributed by atoms with E-state index < -0.39 is 17.8 Å². The van der Waals surface area contributed by atoms with Crippen molar-refractivity contribution in [2.24, 2.45) is 0 Å². The predicted octanol–water partition coefficient (Wildman–Crippen LogP) is 2.35. The van der Waals surface area contributed by atoms with E-state index in [0.717, 1.165) is 4.90 Å².